The highest BCUT2D eigenvalue weighted by atomic mass is 32.1. The van der Waals surface area contributed by atoms with E-state index in [2.05, 4.69) is 337 Å². The van der Waals surface area contributed by atoms with Crippen LogP contribution in [0.1, 0.15) is 22.3 Å². The summed E-state index contributed by atoms with van der Waals surface area (Å²) in [7, 11) is 0. The van der Waals surface area contributed by atoms with Crippen molar-refractivity contribution in [3.63, 3.8) is 0 Å². The Kier molecular flexibility index (Phi) is 11.4. The smallest absolute Gasteiger partial charge is 0.0714 e. The van der Waals surface area contributed by atoms with Crippen LogP contribution in [0.2, 0.25) is 0 Å². The van der Waals surface area contributed by atoms with Crippen LogP contribution in [0.3, 0.4) is 0 Å². The van der Waals surface area contributed by atoms with Crippen molar-refractivity contribution in [3.05, 3.63) is 350 Å². The van der Waals surface area contributed by atoms with Crippen LogP contribution in [-0.2, 0) is 5.41 Å². The summed E-state index contributed by atoms with van der Waals surface area (Å²) < 4.78 is 5.13. The fourth-order valence-electron chi connectivity index (χ4n) is 14.9. The molecule has 2 aromatic heterocycles. The lowest BCUT2D eigenvalue weighted by atomic mass is 9.67. The summed E-state index contributed by atoms with van der Waals surface area (Å²) in [4.78, 5) is 2.41. The second-order valence-corrected chi connectivity index (χ2v) is 24.6. The lowest BCUT2D eigenvalue weighted by molar-refractivity contribution is 0.768. The second kappa shape index (κ2) is 20.0. The molecule has 410 valence electrons. The van der Waals surface area contributed by atoms with Crippen molar-refractivity contribution in [2.75, 3.05) is 4.90 Å². The maximum absolute atomic E-state index is 2.48. The SMILES string of the molecule is c1ccc(N(c2ccc(-c3ccc4c(c3)c3cc(-c5ccc(-c6ccc7sc8ccccc8c7c6)cc5)ccc3n4-c3ccc4c5ccccc5c5ccccc5c4c3)cc2)c2ccc3c(c2)C(c2ccccc2)(c2ccccc2)c2ccccc2-3)cc1. The summed E-state index contributed by atoms with van der Waals surface area (Å²) in [5.41, 5.74) is 21.0. The lowest BCUT2D eigenvalue weighted by Crippen LogP contribution is -2.28. The number of thiophene rings is 1. The van der Waals surface area contributed by atoms with Gasteiger partial charge in [0, 0.05) is 53.7 Å². The van der Waals surface area contributed by atoms with Gasteiger partial charge in [-0.25, -0.2) is 0 Å². The number of benzene rings is 15. The minimum absolute atomic E-state index is 0.516. The van der Waals surface area contributed by atoms with E-state index in [0.717, 1.165) is 33.9 Å². The van der Waals surface area contributed by atoms with Gasteiger partial charge in [-0.3, -0.25) is 0 Å². The van der Waals surface area contributed by atoms with Gasteiger partial charge < -0.3 is 9.47 Å². The number of para-hydroxylation sites is 1. The Morgan fingerprint density at radius 1 is 0.250 bits per heavy atom. The fraction of sp³-hybridized carbons (Fsp3) is 0.0118. The molecule has 17 aromatic rings. The van der Waals surface area contributed by atoms with E-state index >= 15 is 0 Å². The first kappa shape index (κ1) is 50.2. The topological polar surface area (TPSA) is 8.17 Å². The number of rotatable bonds is 9. The number of aromatic nitrogens is 1. The molecular weight excluding hydrogens is 1080 g/mol. The van der Waals surface area contributed by atoms with Crippen LogP contribution in [0.25, 0.3) is 124 Å². The molecule has 0 saturated heterocycles. The first-order chi connectivity index (χ1) is 43.6. The molecule has 3 heteroatoms. The third-order valence-corrected chi connectivity index (χ3v) is 20.0. The van der Waals surface area contributed by atoms with Crippen LogP contribution in [-0.4, -0.2) is 4.57 Å². The summed E-state index contributed by atoms with van der Waals surface area (Å²) in [6, 6.07) is 122. The maximum atomic E-state index is 2.48. The Labute approximate surface area is 514 Å². The molecule has 0 radical (unpaired) electrons. The summed E-state index contributed by atoms with van der Waals surface area (Å²) in [5, 5.41) is 12.7. The highest BCUT2D eigenvalue weighted by Gasteiger charge is 2.46. The van der Waals surface area contributed by atoms with Crippen molar-refractivity contribution in [1.29, 1.82) is 0 Å². The van der Waals surface area contributed by atoms with Crippen molar-refractivity contribution in [1.82, 2.24) is 4.57 Å². The van der Waals surface area contributed by atoms with Crippen molar-refractivity contribution in [2.24, 2.45) is 0 Å². The zero-order chi connectivity index (χ0) is 57.9. The Hall–Kier alpha value is -11.1. The molecule has 2 heterocycles. The number of hydrogen-bond acceptors (Lipinski definition) is 2. The first-order valence-electron chi connectivity index (χ1n) is 30.4. The number of fused-ring (bicyclic) bond motifs is 15. The Morgan fingerprint density at radius 3 is 1.30 bits per heavy atom. The van der Waals surface area contributed by atoms with E-state index in [9.17, 15) is 0 Å². The average Bonchev–Trinajstić information content (AvgIpc) is 1.56. The molecule has 88 heavy (non-hydrogen) atoms. The van der Waals surface area contributed by atoms with Gasteiger partial charge in [0.05, 0.1) is 16.4 Å². The molecule has 1 aliphatic carbocycles. The van der Waals surface area contributed by atoms with E-state index in [0.29, 0.717) is 0 Å². The summed E-state index contributed by atoms with van der Waals surface area (Å²) >= 11 is 1.86. The van der Waals surface area contributed by atoms with Crippen molar-refractivity contribution < 1.29 is 0 Å². The third kappa shape index (κ3) is 7.74. The molecule has 0 N–H and O–H groups in total. The van der Waals surface area contributed by atoms with Crippen LogP contribution in [0.5, 0.6) is 0 Å². The second-order valence-electron chi connectivity index (χ2n) is 23.5. The van der Waals surface area contributed by atoms with Crippen LogP contribution >= 0.6 is 11.3 Å². The molecule has 15 aromatic carbocycles. The molecule has 0 atom stereocenters. The summed E-state index contributed by atoms with van der Waals surface area (Å²) in [5.74, 6) is 0. The third-order valence-electron chi connectivity index (χ3n) is 18.9. The minimum atomic E-state index is -0.516. The Bertz CT molecular complexity index is 5530. The monoisotopic (exact) mass is 1130 g/mol. The van der Waals surface area contributed by atoms with Gasteiger partial charge in [-0.15, -0.1) is 11.3 Å². The van der Waals surface area contributed by atoms with Gasteiger partial charge in [-0.05, 0) is 190 Å². The fourth-order valence-corrected chi connectivity index (χ4v) is 15.9. The molecular formula is C85H54N2S. The highest BCUT2D eigenvalue weighted by Crippen LogP contribution is 2.57. The summed E-state index contributed by atoms with van der Waals surface area (Å²) in [6.07, 6.45) is 0. The van der Waals surface area contributed by atoms with Crippen LogP contribution in [0.15, 0.2) is 328 Å². The van der Waals surface area contributed by atoms with Crippen LogP contribution < -0.4 is 4.90 Å². The first-order valence-corrected chi connectivity index (χ1v) is 31.2. The van der Waals surface area contributed by atoms with E-state index in [1.54, 1.807) is 0 Å². The molecule has 0 saturated carbocycles. The zero-order valence-corrected chi connectivity index (χ0v) is 48.8. The molecule has 0 aliphatic heterocycles. The van der Waals surface area contributed by atoms with Gasteiger partial charge >= 0.3 is 0 Å². The molecule has 0 unspecified atom stereocenters. The largest absolute Gasteiger partial charge is 0.310 e. The summed E-state index contributed by atoms with van der Waals surface area (Å²) in [6.45, 7) is 0. The van der Waals surface area contributed by atoms with E-state index in [1.165, 1.54) is 130 Å². The van der Waals surface area contributed by atoms with E-state index in [1.807, 2.05) is 11.3 Å². The maximum Gasteiger partial charge on any atom is 0.0714 e. The number of hydrogen-bond donors (Lipinski definition) is 0. The van der Waals surface area contributed by atoms with Gasteiger partial charge in [0.1, 0.15) is 0 Å². The molecule has 0 bridgehead atoms. The highest BCUT2D eigenvalue weighted by molar-refractivity contribution is 7.25. The van der Waals surface area contributed by atoms with Gasteiger partial charge in [-0.2, -0.15) is 0 Å². The van der Waals surface area contributed by atoms with E-state index in [4.69, 9.17) is 0 Å². The Balaban J connectivity index is 0.769. The molecule has 0 fully saturated rings. The number of anilines is 3. The molecule has 0 amide bonds. The van der Waals surface area contributed by atoms with E-state index in [-0.39, 0.29) is 0 Å². The quantitative estimate of drug-likeness (QED) is 0.131. The normalized spacial score (nSPS) is 12.6. The minimum Gasteiger partial charge on any atom is -0.310 e. The van der Waals surface area contributed by atoms with Crippen molar-refractivity contribution in [2.45, 2.75) is 5.41 Å². The van der Waals surface area contributed by atoms with Gasteiger partial charge in [0.25, 0.3) is 0 Å². The van der Waals surface area contributed by atoms with Gasteiger partial charge in [0.2, 0.25) is 0 Å². The van der Waals surface area contributed by atoms with Crippen molar-refractivity contribution >= 4 is 103 Å². The van der Waals surface area contributed by atoms with Crippen LogP contribution in [0, 0.1) is 0 Å². The van der Waals surface area contributed by atoms with Gasteiger partial charge in [-0.1, -0.05) is 237 Å². The van der Waals surface area contributed by atoms with Crippen molar-refractivity contribution in [3.8, 4) is 50.2 Å². The van der Waals surface area contributed by atoms with E-state index < -0.39 is 5.41 Å². The average molecular weight is 1140 g/mol. The predicted octanol–water partition coefficient (Wildman–Crippen LogP) is 23.4. The lowest BCUT2D eigenvalue weighted by Gasteiger charge is -2.35. The molecule has 18 rings (SSSR count). The standard InChI is InChI=1S/C85H54N2S/c1-4-18-61(19-5-1)85(62-20-6-2-7-21-62)79-30-16-14-28-72(79)73-46-44-66(54-80(73)85)86(63-22-8-3-9-23-63)64-41-36-57(37-42-64)59-39-48-82-77(51-59)76-50-58(55-32-34-56(35-33-55)60-40-49-84-78(52-60)74-29-15-17-31-83(74)88-84)38-47-81(76)87(82)65-43-45-71-69-26-11-10-24-67(69)68-25-12-13-27-70(68)75(71)53-65/h1-54H. The molecule has 2 nitrogen and oxygen atoms in total. The number of nitrogens with zero attached hydrogens (tertiary/aromatic N) is 2. The zero-order valence-electron chi connectivity index (χ0n) is 48.0. The molecule has 1 aliphatic rings. The predicted molar refractivity (Wildman–Crippen MR) is 374 cm³/mol. The Morgan fingerprint density at radius 2 is 0.682 bits per heavy atom. The molecule has 0 spiro atoms. The van der Waals surface area contributed by atoms with Crippen LogP contribution in [0.4, 0.5) is 17.1 Å². The van der Waals surface area contributed by atoms with Gasteiger partial charge in [0.15, 0.2) is 0 Å².